The van der Waals surface area contributed by atoms with E-state index in [4.69, 9.17) is 4.74 Å². The average Bonchev–Trinajstić information content (AvgIpc) is 3.64. The first-order valence-corrected chi connectivity index (χ1v) is 19.0. The monoisotopic (exact) mass is 679 g/mol. The Labute approximate surface area is 293 Å². The topological polar surface area (TPSA) is 87.1 Å². The second-order valence-electron chi connectivity index (χ2n) is 16.2. The molecular formula is C42H49NO5S. The zero-order valence-corrected chi connectivity index (χ0v) is 30.0. The maximum absolute atomic E-state index is 14.7. The summed E-state index contributed by atoms with van der Waals surface area (Å²) in [5, 5.41) is 26.2. The lowest BCUT2D eigenvalue weighted by Crippen LogP contribution is -2.67. The molecule has 7 heteroatoms. The summed E-state index contributed by atoms with van der Waals surface area (Å²) in [6.45, 7) is 9.25. The number of aliphatic hydroxyl groups excluding tert-OH is 1. The van der Waals surface area contributed by atoms with Crippen LogP contribution in [0.3, 0.4) is 0 Å². The number of Topliss-reactive ketones (excluding diaryl/α,β-unsaturated/α-hetero) is 1. The van der Waals surface area contributed by atoms with Gasteiger partial charge in [0.15, 0.2) is 5.78 Å². The fourth-order valence-corrected chi connectivity index (χ4v) is 12.5. The van der Waals surface area contributed by atoms with Crippen molar-refractivity contribution in [1.29, 1.82) is 0 Å². The Hall–Kier alpha value is -3.26. The molecule has 258 valence electrons. The van der Waals surface area contributed by atoms with Crippen molar-refractivity contribution in [3.63, 3.8) is 0 Å². The van der Waals surface area contributed by atoms with E-state index in [0.29, 0.717) is 19.4 Å². The van der Waals surface area contributed by atoms with Crippen LogP contribution in [0, 0.1) is 40.4 Å². The number of benzene rings is 2. The predicted octanol–water partition coefficient (Wildman–Crippen LogP) is 8.64. The molecule has 2 aromatic carbocycles. The molecule has 6 aliphatic rings. The first-order chi connectivity index (χ1) is 23.4. The summed E-state index contributed by atoms with van der Waals surface area (Å²) in [5.41, 5.74) is -0.831. The summed E-state index contributed by atoms with van der Waals surface area (Å²) in [7, 11) is 0. The fourth-order valence-electron chi connectivity index (χ4n) is 11.6. The van der Waals surface area contributed by atoms with E-state index in [1.165, 1.54) is 0 Å². The van der Waals surface area contributed by atoms with Crippen LogP contribution in [0.2, 0.25) is 0 Å². The van der Waals surface area contributed by atoms with Crippen LogP contribution in [0.4, 0.5) is 4.79 Å². The first kappa shape index (κ1) is 32.9. The van der Waals surface area contributed by atoms with Crippen molar-refractivity contribution in [3.05, 3.63) is 93.7 Å². The van der Waals surface area contributed by atoms with Crippen molar-refractivity contribution in [1.82, 2.24) is 4.90 Å². The van der Waals surface area contributed by atoms with Gasteiger partial charge in [0.2, 0.25) is 0 Å². The minimum Gasteiger partial charge on any atom is -0.450 e. The molecule has 0 radical (unpaired) electrons. The van der Waals surface area contributed by atoms with E-state index < -0.39 is 22.5 Å². The minimum absolute atomic E-state index is 0.0137. The number of carbonyl (C=O) groups excluding carboxylic acids is 2. The highest BCUT2D eigenvalue weighted by Crippen LogP contribution is 2.78. The number of fused-ring (bicyclic) bond motifs is 2. The van der Waals surface area contributed by atoms with Gasteiger partial charge < -0.3 is 19.8 Å². The molecule has 3 fully saturated rings. The number of thiophene rings is 1. The molecule has 9 rings (SSSR count). The second kappa shape index (κ2) is 11.4. The molecule has 2 bridgehead atoms. The maximum Gasteiger partial charge on any atom is 0.410 e. The van der Waals surface area contributed by atoms with Crippen molar-refractivity contribution in [3.8, 4) is 0 Å². The van der Waals surface area contributed by atoms with Crippen LogP contribution in [0.5, 0.6) is 0 Å². The second-order valence-corrected chi connectivity index (χ2v) is 17.5. The van der Waals surface area contributed by atoms with Gasteiger partial charge >= 0.3 is 6.09 Å². The molecule has 1 aromatic heterocycles. The van der Waals surface area contributed by atoms with E-state index >= 15 is 0 Å². The smallest absolute Gasteiger partial charge is 0.410 e. The van der Waals surface area contributed by atoms with Crippen LogP contribution in [0.1, 0.15) is 85.8 Å². The molecular weight excluding hydrogens is 631 g/mol. The van der Waals surface area contributed by atoms with Crippen LogP contribution in [-0.4, -0.2) is 51.8 Å². The van der Waals surface area contributed by atoms with Gasteiger partial charge in [0, 0.05) is 33.2 Å². The number of aryl methyl sites for hydroxylation is 1. The van der Waals surface area contributed by atoms with Crippen LogP contribution in [-0.2, 0) is 11.3 Å². The summed E-state index contributed by atoms with van der Waals surface area (Å²) in [5.74, 6) is 0.331. The molecule has 49 heavy (non-hydrogen) atoms. The Bertz CT molecular complexity index is 1890. The number of hydrogen-bond donors (Lipinski definition) is 2. The number of rotatable bonds is 7. The molecule has 0 saturated heterocycles. The Morgan fingerprint density at radius 1 is 0.939 bits per heavy atom. The lowest BCUT2D eigenvalue weighted by atomic mass is 9.32. The standard InChI is InChI=1S/C42H49NO5S/c1-5-48-37(46)43(25-29-11-8-10-28-9-6-7-12-31(28)29)26-41(47)20-17-35-39(41,4)19-16-34-38(3)18-15-30(44)23-40(38)21-22-42(34,35)32(24-40)36(45)33-14-13-27(2)49-33/h6-14,21-22,24,30,34-35,44,47H,5,15-20,23,25-26H2,1-4H3. The van der Waals surface area contributed by atoms with Gasteiger partial charge in [-0.2, -0.15) is 0 Å². The van der Waals surface area contributed by atoms with Crippen LogP contribution in [0.15, 0.2) is 78.4 Å². The minimum atomic E-state index is -1.17. The van der Waals surface area contributed by atoms with Crippen LogP contribution in [0.25, 0.3) is 10.8 Å². The van der Waals surface area contributed by atoms with Crippen molar-refractivity contribution < 1.29 is 24.5 Å². The Kier molecular flexibility index (Phi) is 7.64. The zero-order valence-electron chi connectivity index (χ0n) is 29.2. The van der Waals surface area contributed by atoms with Gasteiger partial charge in [-0.15, -0.1) is 11.3 Å². The van der Waals surface area contributed by atoms with Crippen LogP contribution < -0.4 is 0 Å². The molecule has 6 aliphatic carbocycles. The molecule has 8 unspecified atom stereocenters. The van der Waals surface area contributed by atoms with E-state index in [1.807, 2.05) is 44.2 Å². The van der Waals surface area contributed by atoms with Crippen molar-refractivity contribution >= 4 is 34.0 Å². The third-order valence-corrected chi connectivity index (χ3v) is 15.1. The summed E-state index contributed by atoms with van der Waals surface area (Å²) in [4.78, 5) is 32.0. The molecule has 1 amide bonds. The maximum atomic E-state index is 14.7. The molecule has 0 aliphatic heterocycles. The van der Waals surface area contributed by atoms with Gasteiger partial charge in [-0.3, -0.25) is 4.79 Å². The third-order valence-electron chi connectivity index (χ3n) is 14.1. The summed E-state index contributed by atoms with van der Waals surface area (Å²) in [6, 6.07) is 18.3. The Morgan fingerprint density at radius 2 is 1.67 bits per heavy atom. The van der Waals surface area contributed by atoms with E-state index in [2.05, 4.69) is 56.3 Å². The van der Waals surface area contributed by atoms with Crippen molar-refractivity contribution in [2.45, 2.75) is 90.9 Å². The Balaban J connectivity index is 1.20. The first-order valence-electron chi connectivity index (χ1n) is 18.2. The predicted molar refractivity (Wildman–Crippen MR) is 193 cm³/mol. The van der Waals surface area contributed by atoms with E-state index in [1.54, 1.807) is 16.2 Å². The van der Waals surface area contributed by atoms with E-state index in [-0.39, 0.29) is 47.7 Å². The van der Waals surface area contributed by atoms with E-state index in [0.717, 1.165) is 63.8 Å². The van der Waals surface area contributed by atoms with Gasteiger partial charge in [0.1, 0.15) is 0 Å². The largest absolute Gasteiger partial charge is 0.450 e. The summed E-state index contributed by atoms with van der Waals surface area (Å²) >= 11 is 1.55. The number of carbonyl (C=O) groups is 2. The molecule has 1 heterocycles. The van der Waals surface area contributed by atoms with E-state index in [9.17, 15) is 19.8 Å². The highest BCUT2D eigenvalue weighted by Gasteiger charge is 2.74. The van der Waals surface area contributed by atoms with Crippen molar-refractivity contribution in [2.75, 3.05) is 13.2 Å². The van der Waals surface area contributed by atoms with Crippen molar-refractivity contribution in [2.24, 2.45) is 33.5 Å². The molecule has 2 spiro atoms. The SMILES string of the molecule is CCOC(=O)N(Cc1cccc2ccccc12)CC1(O)CCC2C34C=CC5(C=C3C(=O)c3ccc(C)s3)CC(O)CCC5(C)C4CCC21C. The normalized spacial score (nSPS) is 37.3. The molecule has 3 aromatic rings. The number of ketones is 1. The van der Waals surface area contributed by atoms with Gasteiger partial charge in [-0.25, -0.2) is 4.79 Å². The number of amides is 1. The number of ether oxygens (including phenoxy) is 1. The zero-order chi connectivity index (χ0) is 34.4. The summed E-state index contributed by atoms with van der Waals surface area (Å²) in [6.07, 6.45) is 11.5. The number of allylic oxidation sites excluding steroid dienone is 4. The highest BCUT2D eigenvalue weighted by atomic mass is 32.1. The van der Waals surface area contributed by atoms with Crippen LogP contribution >= 0.6 is 11.3 Å². The lowest BCUT2D eigenvalue weighted by Gasteiger charge is -2.71. The molecule has 8 atom stereocenters. The molecule has 3 saturated carbocycles. The Morgan fingerprint density at radius 3 is 2.45 bits per heavy atom. The number of aliphatic hydroxyl groups is 2. The molecule has 6 nitrogen and oxygen atoms in total. The van der Waals surface area contributed by atoms with Gasteiger partial charge in [-0.05, 0) is 105 Å². The number of nitrogens with zero attached hydrogens (tertiary/aromatic N) is 1. The quantitative estimate of drug-likeness (QED) is 0.193. The summed E-state index contributed by atoms with van der Waals surface area (Å²) < 4.78 is 5.62. The highest BCUT2D eigenvalue weighted by molar-refractivity contribution is 7.14. The van der Waals surface area contributed by atoms with Gasteiger partial charge in [0.05, 0.1) is 29.7 Å². The average molecular weight is 680 g/mol. The third kappa shape index (κ3) is 4.57. The lowest BCUT2D eigenvalue weighted by molar-refractivity contribution is -0.175. The van der Waals surface area contributed by atoms with Gasteiger partial charge in [0.25, 0.3) is 0 Å². The molecule has 2 N–H and O–H groups in total. The fraction of sp³-hybridized carbons (Fsp3) is 0.524. The van der Waals surface area contributed by atoms with Gasteiger partial charge in [-0.1, -0.05) is 74.5 Å². The number of hydrogen-bond acceptors (Lipinski definition) is 6.